The molecule has 0 saturated carbocycles. The van der Waals surface area contributed by atoms with Gasteiger partial charge in [0, 0.05) is 38.3 Å². The van der Waals surface area contributed by atoms with Gasteiger partial charge in [0.1, 0.15) is 0 Å². The number of benzene rings is 1. The van der Waals surface area contributed by atoms with Crippen LogP contribution in [0.4, 0.5) is 0 Å². The van der Waals surface area contributed by atoms with E-state index < -0.39 is 0 Å². The minimum absolute atomic E-state index is 0.228. The van der Waals surface area contributed by atoms with Crippen molar-refractivity contribution < 1.29 is 4.79 Å². The van der Waals surface area contributed by atoms with Gasteiger partial charge in [0.15, 0.2) is 0 Å². The zero-order chi connectivity index (χ0) is 13.7. The third kappa shape index (κ3) is 3.37. The van der Waals surface area contributed by atoms with E-state index in [-0.39, 0.29) is 5.91 Å². The summed E-state index contributed by atoms with van der Waals surface area (Å²) in [6.07, 6.45) is 4.83. The van der Waals surface area contributed by atoms with Crippen LogP contribution in [0.15, 0.2) is 36.5 Å². The monoisotopic (exact) mass is 258 g/mol. The van der Waals surface area contributed by atoms with Crippen LogP contribution in [0.2, 0.25) is 0 Å². The number of carbonyl (C=O) groups is 1. The maximum absolute atomic E-state index is 12.0. The number of aromatic nitrogens is 1. The molecular formula is C16H22N2O. The van der Waals surface area contributed by atoms with Crippen molar-refractivity contribution in [2.45, 2.75) is 32.7 Å². The van der Waals surface area contributed by atoms with Crippen molar-refractivity contribution in [1.29, 1.82) is 0 Å². The number of aryl methyl sites for hydroxylation is 1. The Kier molecular flexibility index (Phi) is 4.61. The van der Waals surface area contributed by atoms with Crippen molar-refractivity contribution in [2.24, 2.45) is 0 Å². The molecule has 2 rings (SSSR count). The smallest absolute Gasteiger partial charge is 0.224 e. The van der Waals surface area contributed by atoms with Gasteiger partial charge in [-0.3, -0.25) is 4.79 Å². The van der Waals surface area contributed by atoms with Gasteiger partial charge < -0.3 is 9.47 Å². The molecule has 0 atom stereocenters. The van der Waals surface area contributed by atoms with E-state index in [0.29, 0.717) is 6.42 Å². The van der Waals surface area contributed by atoms with Crippen LogP contribution < -0.4 is 0 Å². The molecule has 0 fully saturated rings. The highest BCUT2D eigenvalue weighted by Gasteiger charge is 2.08. The minimum atomic E-state index is 0.228. The van der Waals surface area contributed by atoms with Crippen LogP contribution >= 0.6 is 0 Å². The van der Waals surface area contributed by atoms with E-state index in [1.165, 1.54) is 10.9 Å². The molecule has 0 N–H and O–H groups in total. The molecule has 3 heteroatoms. The number of unbranched alkanes of at least 4 members (excludes halogenated alkanes) is 1. The van der Waals surface area contributed by atoms with Crippen LogP contribution in [0, 0.1) is 0 Å². The maximum Gasteiger partial charge on any atom is 0.224 e. The van der Waals surface area contributed by atoms with Gasteiger partial charge in [0.25, 0.3) is 0 Å². The average molecular weight is 258 g/mol. The van der Waals surface area contributed by atoms with Crippen molar-refractivity contribution in [3.8, 4) is 0 Å². The third-order valence-corrected chi connectivity index (χ3v) is 3.52. The molecule has 1 heterocycles. The third-order valence-electron chi connectivity index (χ3n) is 3.52. The molecule has 3 nitrogen and oxygen atoms in total. The van der Waals surface area contributed by atoms with E-state index in [9.17, 15) is 4.79 Å². The Bertz CT molecular complexity index is 544. The van der Waals surface area contributed by atoms with Gasteiger partial charge in [0.2, 0.25) is 5.91 Å². The predicted molar refractivity (Wildman–Crippen MR) is 79.1 cm³/mol. The van der Waals surface area contributed by atoms with Crippen LogP contribution in [0.3, 0.4) is 0 Å². The normalized spacial score (nSPS) is 10.8. The molecule has 0 bridgehead atoms. The number of para-hydroxylation sites is 1. The van der Waals surface area contributed by atoms with E-state index in [1.807, 2.05) is 24.1 Å². The number of hydrogen-bond acceptors (Lipinski definition) is 1. The summed E-state index contributed by atoms with van der Waals surface area (Å²) in [4.78, 5) is 13.8. The largest absolute Gasteiger partial charge is 0.347 e. The van der Waals surface area contributed by atoms with Crippen molar-refractivity contribution in [3.63, 3.8) is 0 Å². The van der Waals surface area contributed by atoms with E-state index in [2.05, 4.69) is 35.9 Å². The van der Waals surface area contributed by atoms with Gasteiger partial charge in [-0.2, -0.15) is 0 Å². The van der Waals surface area contributed by atoms with E-state index in [0.717, 1.165) is 25.9 Å². The van der Waals surface area contributed by atoms with Gasteiger partial charge in [-0.25, -0.2) is 0 Å². The van der Waals surface area contributed by atoms with Gasteiger partial charge in [-0.05, 0) is 23.9 Å². The van der Waals surface area contributed by atoms with Gasteiger partial charge >= 0.3 is 0 Å². The second-order valence-corrected chi connectivity index (χ2v) is 4.99. The highest BCUT2D eigenvalue weighted by Crippen LogP contribution is 2.15. The first-order chi connectivity index (χ1) is 9.22. The first-order valence-electron chi connectivity index (χ1n) is 7.00. The summed E-state index contributed by atoms with van der Waals surface area (Å²) in [6.45, 7) is 3.76. The zero-order valence-electron chi connectivity index (χ0n) is 11.8. The molecule has 1 amide bonds. The number of amides is 1. The summed E-state index contributed by atoms with van der Waals surface area (Å²) in [5.41, 5.74) is 1.20. The molecule has 2 aromatic rings. The number of carbonyl (C=O) groups excluding carboxylic acids is 1. The van der Waals surface area contributed by atoms with Crippen molar-refractivity contribution in [3.05, 3.63) is 36.5 Å². The second kappa shape index (κ2) is 6.41. The van der Waals surface area contributed by atoms with Crippen LogP contribution in [-0.4, -0.2) is 29.0 Å². The summed E-state index contributed by atoms with van der Waals surface area (Å²) in [5, 5.41) is 1.23. The number of fused-ring (bicyclic) bond motifs is 1. The molecule has 1 aromatic heterocycles. The first-order valence-corrected chi connectivity index (χ1v) is 7.00. The SMILES string of the molecule is CCCCN(C)C(=O)CCn1ccc2ccccc21. The molecule has 1 aromatic carbocycles. The lowest BCUT2D eigenvalue weighted by Gasteiger charge is -2.17. The summed E-state index contributed by atoms with van der Waals surface area (Å²) in [5.74, 6) is 0.228. The molecule has 0 saturated heterocycles. The Morgan fingerprint density at radius 1 is 1.26 bits per heavy atom. The lowest BCUT2D eigenvalue weighted by Crippen LogP contribution is -2.28. The zero-order valence-corrected chi connectivity index (χ0v) is 11.8. The van der Waals surface area contributed by atoms with Gasteiger partial charge in [-0.1, -0.05) is 31.5 Å². The fraction of sp³-hybridized carbons (Fsp3) is 0.438. The Morgan fingerprint density at radius 3 is 2.84 bits per heavy atom. The fourth-order valence-corrected chi connectivity index (χ4v) is 2.26. The fourth-order valence-electron chi connectivity index (χ4n) is 2.26. The number of rotatable bonds is 6. The van der Waals surface area contributed by atoms with Crippen LogP contribution in [0.25, 0.3) is 10.9 Å². The summed E-state index contributed by atoms with van der Waals surface area (Å²) in [7, 11) is 1.89. The van der Waals surface area contributed by atoms with Gasteiger partial charge in [-0.15, -0.1) is 0 Å². The molecule has 0 aliphatic heterocycles. The lowest BCUT2D eigenvalue weighted by molar-refractivity contribution is -0.130. The molecule has 0 radical (unpaired) electrons. The predicted octanol–water partition coefficient (Wildman–Crippen LogP) is 3.29. The average Bonchev–Trinajstić information content (AvgIpc) is 2.85. The second-order valence-electron chi connectivity index (χ2n) is 4.99. The Labute approximate surface area is 114 Å². The van der Waals surface area contributed by atoms with E-state index >= 15 is 0 Å². The summed E-state index contributed by atoms with van der Waals surface area (Å²) in [6, 6.07) is 10.4. The minimum Gasteiger partial charge on any atom is -0.347 e. The molecule has 19 heavy (non-hydrogen) atoms. The quantitative estimate of drug-likeness (QED) is 0.780. The van der Waals surface area contributed by atoms with Crippen molar-refractivity contribution >= 4 is 16.8 Å². The van der Waals surface area contributed by atoms with Crippen molar-refractivity contribution in [2.75, 3.05) is 13.6 Å². The molecule has 102 valence electrons. The summed E-state index contributed by atoms with van der Waals surface area (Å²) >= 11 is 0. The maximum atomic E-state index is 12.0. The Balaban J connectivity index is 1.93. The summed E-state index contributed by atoms with van der Waals surface area (Å²) < 4.78 is 2.15. The number of nitrogens with zero attached hydrogens (tertiary/aromatic N) is 2. The highest BCUT2D eigenvalue weighted by molar-refractivity contribution is 5.80. The highest BCUT2D eigenvalue weighted by atomic mass is 16.2. The molecule has 0 aliphatic rings. The Morgan fingerprint density at radius 2 is 2.05 bits per heavy atom. The van der Waals surface area contributed by atoms with E-state index in [4.69, 9.17) is 0 Å². The molecule has 0 spiro atoms. The van der Waals surface area contributed by atoms with Crippen LogP contribution in [-0.2, 0) is 11.3 Å². The molecular weight excluding hydrogens is 236 g/mol. The Hall–Kier alpha value is -1.77. The standard InChI is InChI=1S/C16H22N2O/c1-3-4-11-17(2)16(19)10-13-18-12-9-14-7-5-6-8-15(14)18/h5-9,12H,3-4,10-11,13H2,1-2H3. The van der Waals surface area contributed by atoms with Crippen LogP contribution in [0.1, 0.15) is 26.2 Å². The van der Waals surface area contributed by atoms with Crippen molar-refractivity contribution in [1.82, 2.24) is 9.47 Å². The van der Waals surface area contributed by atoms with Gasteiger partial charge in [0.05, 0.1) is 0 Å². The molecule has 0 aliphatic carbocycles. The molecule has 0 unspecified atom stereocenters. The number of hydrogen-bond donors (Lipinski definition) is 0. The lowest BCUT2D eigenvalue weighted by atomic mass is 10.2. The van der Waals surface area contributed by atoms with E-state index in [1.54, 1.807) is 0 Å². The first kappa shape index (κ1) is 13.7. The topological polar surface area (TPSA) is 25.2 Å². The van der Waals surface area contributed by atoms with Crippen LogP contribution in [0.5, 0.6) is 0 Å².